The maximum atomic E-state index is 12.4. The van der Waals surface area contributed by atoms with Crippen molar-refractivity contribution in [1.82, 2.24) is 5.32 Å². The van der Waals surface area contributed by atoms with E-state index in [1.807, 2.05) is 0 Å². The fourth-order valence-corrected chi connectivity index (χ4v) is 3.80. The lowest BCUT2D eigenvalue weighted by Gasteiger charge is -2.41. The molecule has 0 spiro atoms. The largest absolute Gasteiger partial charge is 0.394 e. The van der Waals surface area contributed by atoms with Crippen molar-refractivity contribution in [3.63, 3.8) is 0 Å². The van der Waals surface area contributed by atoms with Gasteiger partial charge in [-0.15, -0.1) is 0 Å². The molecule has 2 aliphatic rings. The first kappa shape index (κ1) is 14.8. The highest BCUT2D eigenvalue weighted by Crippen LogP contribution is 2.33. The van der Waals surface area contributed by atoms with Gasteiger partial charge < -0.3 is 16.2 Å². The summed E-state index contributed by atoms with van der Waals surface area (Å²) in [6, 6.07) is -0.00879. The second kappa shape index (κ2) is 6.23. The molecule has 0 aliphatic heterocycles. The van der Waals surface area contributed by atoms with Crippen molar-refractivity contribution < 1.29 is 9.90 Å². The highest BCUT2D eigenvalue weighted by atomic mass is 16.3. The van der Waals surface area contributed by atoms with Crippen LogP contribution in [0.2, 0.25) is 0 Å². The van der Waals surface area contributed by atoms with E-state index in [0.717, 1.165) is 44.9 Å². The number of hydrogen-bond acceptors (Lipinski definition) is 3. The van der Waals surface area contributed by atoms with E-state index in [2.05, 4.69) is 12.2 Å². The van der Waals surface area contributed by atoms with E-state index in [1.54, 1.807) is 0 Å². The lowest BCUT2D eigenvalue weighted by molar-refractivity contribution is -0.129. The standard InChI is InChI=1S/C15H28N2O2/c1-11-5-4-8-15(9-11,10-18)17-14(19)12-6-2-3-7-13(12)16/h11-13,18H,2-10,16H2,1H3,(H,17,19). The molecule has 0 aromatic rings. The normalized spacial score (nSPS) is 39.8. The number of aliphatic hydroxyl groups excluding tert-OH is 1. The highest BCUT2D eigenvalue weighted by Gasteiger charge is 2.38. The Balaban J connectivity index is 1.99. The summed E-state index contributed by atoms with van der Waals surface area (Å²) in [4.78, 5) is 12.4. The lowest BCUT2D eigenvalue weighted by atomic mass is 9.76. The van der Waals surface area contributed by atoms with Crippen molar-refractivity contribution in [3.05, 3.63) is 0 Å². The predicted octanol–water partition coefficient (Wildman–Crippen LogP) is 1.56. The van der Waals surface area contributed by atoms with Crippen LogP contribution in [0.15, 0.2) is 0 Å². The summed E-state index contributed by atoms with van der Waals surface area (Å²) >= 11 is 0. The molecule has 0 bridgehead atoms. The average Bonchev–Trinajstić information content (AvgIpc) is 2.39. The van der Waals surface area contributed by atoms with Crippen LogP contribution < -0.4 is 11.1 Å². The molecular formula is C15H28N2O2. The maximum Gasteiger partial charge on any atom is 0.225 e. The summed E-state index contributed by atoms with van der Waals surface area (Å²) in [5, 5.41) is 12.9. The Morgan fingerprint density at radius 2 is 2.05 bits per heavy atom. The molecule has 4 atom stereocenters. The van der Waals surface area contributed by atoms with Crippen LogP contribution in [-0.2, 0) is 4.79 Å². The molecule has 4 unspecified atom stereocenters. The number of rotatable bonds is 3. The Hall–Kier alpha value is -0.610. The molecule has 0 aromatic carbocycles. The van der Waals surface area contributed by atoms with E-state index in [-0.39, 0.29) is 24.5 Å². The van der Waals surface area contributed by atoms with Crippen LogP contribution in [0.3, 0.4) is 0 Å². The van der Waals surface area contributed by atoms with Crippen molar-refractivity contribution >= 4 is 5.91 Å². The number of nitrogens with one attached hydrogen (secondary N) is 1. The molecule has 0 saturated heterocycles. The molecule has 110 valence electrons. The van der Waals surface area contributed by atoms with Crippen molar-refractivity contribution in [1.29, 1.82) is 0 Å². The average molecular weight is 268 g/mol. The summed E-state index contributed by atoms with van der Waals surface area (Å²) in [7, 11) is 0. The lowest BCUT2D eigenvalue weighted by Crippen LogP contribution is -2.57. The predicted molar refractivity (Wildman–Crippen MR) is 75.5 cm³/mol. The van der Waals surface area contributed by atoms with E-state index in [1.165, 1.54) is 6.42 Å². The molecule has 0 radical (unpaired) electrons. The van der Waals surface area contributed by atoms with Gasteiger partial charge in [0, 0.05) is 6.04 Å². The van der Waals surface area contributed by atoms with Gasteiger partial charge in [-0.05, 0) is 31.6 Å². The van der Waals surface area contributed by atoms with Gasteiger partial charge >= 0.3 is 0 Å². The molecule has 4 heteroatoms. The van der Waals surface area contributed by atoms with Crippen molar-refractivity contribution in [3.8, 4) is 0 Å². The van der Waals surface area contributed by atoms with Gasteiger partial charge in [0.05, 0.1) is 18.1 Å². The molecule has 0 aromatic heterocycles. The van der Waals surface area contributed by atoms with Gasteiger partial charge in [0.15, 0.2) is 0 Å². The van der Waals surface area contributed by atoms with Crippen LogP contribution in [0.5, 0.6) is 0 Å². The topological polar surface area (TPSA) is 75.3 Å². The van der Waals surface area contributed by atoms with E-state index in [9.17, 15) is 9.90 Å². The molecule has 2 rings (SSSR count). The molecule has 0 heterocycles. The third-order valence-electron chi connectivity index (χ3n) is 4.94. The maximum absolute atomic E-state index is 12.4. The third kappa shape index (κ3) is 3.48. The zero-order valence-electron chi connectivity index (χ0n) is 12.0. The number of carbonyl (C=O) groups excluding carboxylic acids is 1. The van der Waals surface area contributed by atoms with Gasteiger partial charge in [-0.2, -0.15) is 0 Å². The monoisotopic (exact) mass is 268 g/mol. The number of aliphatic hydroxyl groups is 1. The van der Waals surface area contributed by atoms with E-state index >= 15 is 0 Å². The number of nitrogens with two attached hydrogens (primary N) is 1. The van der Waals surface area contributed by atoms with Crippen molar-refractivity contribution in [2.75, 3.05) is 6.61 Å². The Labute approximate surface area is 116 Å². The Morgan fingerprint density at radius 3 is 2.68 bits per heavy atom. The van der Waals surface area contributed by atoms with Crippen LogP contribution in [0.25, 0.3) is 0 Å². The van der Waals surface area contributed by atoms with Crippen LogP contribution >= 0.6 is 0 Å². The number of hydrogen-bond donors (Lipinski definition) is 3. The summed E-state index contributed by atoms with van der Waals surface area (Å²) in [6.07, 6.45) is 8.12. The van der Waals surface area contributed by atoms with E-state index in [4.69, 9.17) is 5.73 Å². The highest BCUT2D eigenvalue weighted by molar-refractivity contribution is 5.80. The van der Waals surface area contributed by atoms with Gasteiger partial charge in [-0.1, -0.05) is 32.6 Å². The molecule has 19 heavy (non-hydrogen) atoms. The minimum Gasteiger partial charge on any atom is -0.394 e. The Bertz CT molecular complexity index is 321. The molecule has 2 saturated carbocycles. The molecule has 4 N–H and O–H groups in total. The number of amides is 1. The summed E-state index contributed by atoms with van der Waals surface area (Å²) in [5.74, 6) is 0.575. The Kier molecular flexibility index (Phi) is 4.85. The SMILES string of the molecule is CC1CCCC(CO)(NC(=O)C2CCCCC2N)C1. The zero-order valence-corrected chi connectivity index (χ0v) is 12.0. The zero-order chi connectivity index (χ0) is 13.9. The molecule has 4 nitrogen and oxygen atoms in total. The van der Waals surface area contributed by atoms with Gasteiger partial charge in [0.2, 0.25) is 5.91 Å². The molecule has 2 fully saturated rings. The van der Waals surface area contributed by atoms with Gasteiger partial charge in [0.25, 0.3) is 0 Å². The van der Waals surface area contributed by atoms with Crippen molar-refractivity contribution in [2.45, 2.75) is 69.9 Å². The first-order valence-electron chi connectivity index (χ1n) is 7.75. The fraction of sp³-hybridized carbons (Fsp3) is 0.933. The quantitative estimate of drug-likeness (QED) is 0.727. The van der Waals surface area contributed by atoms with Crippen LogP contribution in [-0.4, -0.2) is 29.2 Å². The summed E-state index contributed by atoms with van der Waals surface area (Å²) in [5.41, 5.74) is 5.68. The second-order valence-corrected chi connectivity index (χ2v) is 6.68. The van der Waals surface area contributed by atoms with E-state index in [0.29, 0.717) is 5.92 Å². The summed E-state index contributed by atoms with van der Waals surface area (Å²) in [6.45, 7) is 2.24. The van der Waals surface area contributed by atoms with Crippen LogP contribution in [0, 0.1) is 11.8 Å². The first-order valence-corrected chi connectivity index (χ1v) is 7.75. The third-order valence-corrected chi connectivity index (χ3v) is 4.94. The molecule has 1 amide bonds. The number of carbonyl (C=O) groups is 1. The van der Waals surface area contributed by atoms with Gasteiger partial charge in [0.1, 0.15) is 0 Å². The molecular weight excluding hydrogens is 240 g/mol. The first-order chi connectivity index (χ1) is 9.06. The van der Waals surface area contributed by atoms with E-state index < -0.39 is 5.54 Å². The summed E-state index contributed by atoms with van der Waals surface area (Å²) < 4.78 is 0. The van der Waals surface area contributed by atoms with Gasteiger partial charge in [-0.3, -0.25) is 4.79 Å². The Morgan fingerprint density at radius 1 is 1.32 bits per heavy atom. The minimum absolute atomic E-state index is 0.00879. The molecule has 2 aliphatic carbocycles. The van der Waals surface area contributed by atoms with Crippen LogP contribution in [0.1, 0.15) is 58.3 Å². The smallest absolute Gasteiger partial charge is 0.225 e. The van der Waals surface area contributed by atoms with Crippen LogP contribution in [0.4, 0.5) is 0 Å². The van der Waals surface area contributed by atoms with Gasteiger partial charge in [-0.25, -0.2) is 0 Å². The fourth-order valence-electron chi connectivity index (χ4n) is 3.80. The minimum atomic E-state index is -0.397. The second-order valence-electron chi connectivity index (χ2n) is 6.68. The van der Waals surface area contributed by atoms with Crippen molar-refractivity contribution in [2.24, 2.45) is 17.6 Å².